The van der Waals surface area contributed by atoms with Crippen LogP contribution in [0.4, 0.5) is 11.4 Å². The number of rotatable bonds is 11. The molecule has 0 radical (unpaired) electrons. The van der Waals surface area contributed by atoms with E-state index in [2.05, 4.69) is 10.6 Å². The predicted octanol–water partition coefficient (Wildman–Crippen LogP) is -0.00536. The van der Waals surface area contributed by atoms with Gasteiger partial charge in [-0.1, -0.05) is 12.1 Å². The predicted molar refractivity (Wildman–Crippen MR) is 137 cm³/mol. The van der Waals surface area contributed by atoms with Gasteiger partial charge in [0.2, 0.25) is 0 Å². The van der Waals surface area contributed by atoms with Gasteiger partial charge in [-0.05, 0) is 60.4 Å². The Morgan fingerprint density at radius 1 is 0.706 bits per heavy atom. The molecular weight excluding hydrogens is 506 g/mol. The molecule has 182 valence electrons. The second kappa shape index (κ2) is 14.5. The summed E-state index contributed by atoms with van der Waals surface area (Å²) in [5, 5.41) is 25.3. The van der Waals surface area contributed by atoms with Crippen molar-refractivity contribution in [1.29, 1.82) is 0 Å². The summed E-state index contributed by atoms with van der Waals surface area (Å²) in [5.41, 5.74) is 5.02. The zero-order valence-electron chi connectivity index (χ0n) is 17.7. The van der Waals surface area contributed by atoms with Crippen LogP contribution < -0.4 is 10.6 Å². The van der Waals surface area contributed by atoms with E-state index in [-0.39, 0.29) is 72.2 Å². The van der Waals surface area contributed by atoms with Crippen molar-refractivity contribution in [2.45, 2.75) is 26.1 Å². The fourth-order valence-corrected chi connectivity index (χ4v) is 4.35. The maximum absolute atomic E-state index is 10.8. The zero-order valence-corrected chi connectivity index (χ0v) is 19.3. The Morgan fingerprint density at radius 2 is 1.03 bits per heavy atom. The van der Waals surface area contributed by atoms with Crippen molar-refractivity contribution in [2.24, 2.45) is 0 Å². The minimum atomic E-state index is -4.25. The summed E-state index contributed by atoms with van der Waals surface area (Å²) in [4.78, 5) is 0. The Morgan fingerprint density at radius 3 is 1.29 bits per heavy atom. The van der Waals surface area contributed by atoms with Crippen LogP contribution in [-0.2, 0) is 20.2 Å². The van der Waals surface area contributed by atoms with Crippen molar-refractivity contribution in [1.82, 2.24) is 0 Å². The quantitative estimate of drug-likeness (QED) is 0.169. The number of aliphatic hydroxyl groups excluding tert-OH is 2. The summed E-state index contributed by atoms with van der Waals surface area (Å²) in [7, 11) is -8.50. The van der Waals surface area contributed by atoms with E-state index in [4.69, 9.17) is 9.11 Å². The topological polar surface area (TPSA) is 173 Å². The molecule has 2 aromatic carbocycles. The zero-order chi connectivity index (χ0) is 24.1. The molecule has 14 heteroatoms. The number of anilines is 2. The summed E-state index contributed by atoms with van der Waals surface area (Å²) in [6.45, 7) is 3.65. The molecule has 0 saturated carbocycles. The molecule has 0 aliphatic rings. The SMILES string of the molecule is Cc1cc(-c2ccc(NCC(O)CS(=O)(=O)O)c(C)c2)ccc1NCC(O)CS(=O)(=O)O.[NaH].[NaH]. The van der Waals surface area contributed by atoms with Crippen LogP contribution >= 0.6 is 0 Å². The first-order valence-corrected chi connectivity index (χ1v) is 12.9. The molecule has 2 unspecified atom stereocenters. The van der Waals surface area contributed by atoms with Crippen LogP contribution in [0.2, 0.25) is 0 Å². The van der Waals surface area contributed by atoms with Gasteiger partial charge in [-0.3, -0.25) is 9.11 Å². The van der Waals surface area contributed by atoms with E-state index in [9.17, 15) is 27.0 Å². The van der Waals surface area contributed by atoms with Gasteiger partial charge in [0.05, 0.1) is 12.2 Å². The van der Waals surface area contributed by atoms with E-state index < -0.39 is 43.9 Å². The van der Waals surface area contributed by atoms with Gasteiger partial charge in [0.15, 0.2) is 0 Å². The first kappa shape index (κ1) is 33.8. The third-order valence-corrected chi connectivity index (χ3v) is 6.26. The molecule has 0 bridgehead atoms. The van der Waals surface area contributed by atoms with Crippen molar-refractivity contribution in [3.05, 3.63) is 47.5 Å². The van der Waals surface area contributed by atoms with Gasteiger partial charge < -0.3 is 20.8 Å². The van der Waals surface area contributed by atoms with Crippen LogP contribution in [0, 0.1) is 13.8 Å². The molecule has 34 heavy (non-hydrogen) atoms. The Bertz CT molecular complexity index is 1070. The van der Waals surface area contributed by atoms with Crippen molar-refractivity contribution >= 4 is 90.7 Å². The van der Waals surface area contributed by atoms with Crippen LogP contribution in [0.5, 0.6) is 0 Å². The van der Waals surface area contributed by atoms with E-state index in [1.165, 1.54) is 0 Å². The Labute approximate surface area is 244 Å². The standard InChI is InChI=1S/C20H28N2O8S2.2Na.2H/c1-13-7-15(3-5-19(13)21-9-17(23)11-31(25,26)27)16-4-6-20(14(2)8-16)22-10-18(24)12-32(28,29)30;;;;/h3-8,17-18,21-24H,9-12H2,1-2H3,(H,25,26,27)(H,28,29,30);;;;. The van der Waals surface area contributed by atoms with Gasteiger partial charge in [-0.25, -0.2) is 0 Å². The van der Waals surface area contributed by atoms with E-state index in [1.807, 2.05) is 38.1 Å². The first-order chi connectivity index (χ1) is 14.7. The number of hydrogen-bond donors (Lipinski definition) is 6. The molecule has 10 nitrogen and oxygen atoms in total. The van der Waals surface area contributed by atoms with Gasteiger partial charge in [0, 0.05) is 24.5 Å². The van der Waals surface area contributed by atoms with Crippen LogP contribution in [-0.4, -0.2) is 132 Å². The van der Waals surface area contributed by atoms with E-state index in [0.29, 0.717) is 11.4 Å². The monoisotopic (exact) mass is 536 g/mol. The molecule has 0 spiro atoms. The fourth-order valence-electron chi connectivity index (χ4n) is 3.14. The van der Waals surface area contributed by atoms with Crippen LogP contribution in [0.25, 0.3) is 11.1 Å². The Balaban J connectivity index is 0.00000544. The van der Waals surface area contributed by atoms with Crippen LogP contribution in [0.1, 0.15) is 11.1 Å². The average Bonchev–Trinajstić information content (AvgIpc) is 2.63. The van der Waals surface area contributed by atoms with Gasteiger partial charge in [0.1, 0.15) is 11.5 Å². The summed E-state index contributed by atoms with van der Waals surface area (Å²) in [5.74, 6) is -1.49. The van der Waals surface area contributed by atoms with Gasteiger partial charge >= 0.3 is 59.1 Å². The third-order valence-electron chi connectivity index (χ3n) is 4.65. The van der Waals surface area contributed by atoms with Gasteiger partial charge in [-0.2, -0.15) is 16.8 Å². The van der Waals surface area contributed by atoms with E-state index in [0.717, 1.165) is 22.3 Å². The van der Waals surface area contributed by atoms with Crippen molar-refractivity contribution in [3.63, 3.8) is 0 Å². The number of benzene rings is 2. The van der Waals surface area contributed by atoms with E-state index >= 15 is 0 Å². The number of hydrogen-bond acceptors (Lipinski definition) is 8. The van der Waals surface area contributed by atoms with E-state index in [1.54, 1.807) is 12.1 Å². The molecule has 0 heterocycles. The molecule has 0 fully saturated rings. The second-order valence-electron chi connectivity index (χ2n) is 7.63. The Kier molecular flexibility index (Phi) is 14.4. The van der Waals surface area contributed by atoms with Crippen LogP contribution in [0.15, 0.2) is 36.4 Å². The summed E-state index contributed by atoms with van der Waals surface area (Å²) < 4.78 is 60.8. The normalized spacial score (nSPS) is 13.2. The molecule has 2 aromatic rings. The van der Waals surface area contributed by atoms with Gasteiger partial charge in [-0.15, -0.1) is 0 Å². The molecule has 0 aliphatic carbocycles. The van der Waals surface area contributed by atoms with Crippen molar-refractivity contribution < 1.29 is 36.2 Å². The Hall–Kier alpha value is -0.220. The minimum absolute atomic E-state index is 0. The van der Waals surface area contributed by atoms with Crippen LogP contribution in [0.3, 0.4) is 0 Å². The third kappa shape index (κ3) is 12.2. The second-order valence-corrected chi connectivity index (χ2v) is 10.6. The molecule has 2 atom stereocenters. The molecule has 0 saturated heterocycles. The number of aryl methyl sites for hydroxylation is 2. The summed E-state index contributed by atoms with van der Waals surface area (Å²) >= 11 is 0. The first-order valence-electron chi connectivity index (χ1n) is 9.69. The molecule has 0 aromatic heterocycles. The average molecular weight is 537 g/mol. The van der Waals surface area contributed by atoms with Crippen molar-refractivity contribution in [3.8, 4) is 11.1 Å². The maximum atomic E-state index is 10.8. The molecule has 6 N–H and O–H groups in total. The van der Waals surface area contributed by atoms with Crippen molar-refractivity contribution in [2.75, 3.05) is 35.2 Å². The summed E-state index contributed by atoms with van der Waals surface area (Å²) in [6.07, 6.45) is -2.49. The number of aliphatic hydroxyl groups is 2. The molecule has 0 amide bonds. The van der Waals surface area contributed by atoms with Gasteiger partial charge in [0.25, 0.3) is 20.2 Å². The molecule has 2 rings (SSSR count). The fraction of sp³-hybridized carbons (Fsp3) is 0.400. The molecular formula is C20H30N2Na2O8S2. The molecule has 0 aliphatic heterocycles. The summed E-state index contributed by atoms with van der Waals surface area (Å²) in [6, 6.07) is 11.2. The number of nitrogens with one attached hydrogen (secondary N) is 2.